The van der Waals surface area contributed by atoms with Crippen LogP contribution in [-0.2, 0) is 19.7 Å². The molecule has 56 heavy (non-hydrogen) atoms. The van der Waals surface area contributed by atoms with Crippen molar-refractivity contribution in [2.45, 2.75) is 107 Å². The number of aromatic nitrogens is 2. The molecule has 5 heterocycles. The number of rotatable bonds is 6. The number of ether oxygens (including phenoxy) is 1. The first kappa shape index (κ1) is 37.4. The number of imide groups is 1. The van der Waals surface area contributed by atoms with Gasteiger partial charge in [0.25, 0.3) is 5.56 Å². The molecule has 4 aromatic rings. The number of carbonyl (C=O) groups excluding carboxylic acids is 2. The van der Waals surface area contributed by atoms with E-state index in [1.54, 1.807) is 0 Å². The second kappa shape index (κ2) is 14.3. The maximum atomic E-state index is 15.3. The zero-order valence-electron chi connectivity index (χ0n) is 31.9. The summed E-state index contributed by atoms with van der Waals surface area (Å²) in [4.78, 5) is 43.6. The molecule has 3 atom stereocenters. The highest BCUT2D eigenvalue weighted by Crippen LogP contribution is 2.46. The first-order valence-electron chi connectivity index (χ1n) is 20.2. The van der Waals surface area contributed by atoms with Crippen molar-refractivity contribution in [2.75, 3.05) is 24.6 Å². The van der Waals surface area contributed by atoms with E-state index in [4.69, 9.17) is 4.74 Å². The van der Waals surface area contributed by atoms with Crippen LogP contribution in [0.3, 0.4) is 0 Å². The van der Waals surface area contributed by atoms with Gasteiger partial charge in [-0.05, 0) is 147 Å². The maximum absolute atomic E-state index is 15.3. The van der Waals surface area contributed by atoms with Gasteiger partial charge in [0.1, 0.15) is 17.5 Å². The summed E-state index contributed by atoms with van der Waals surface area (Å²) < 4.78 is 40.0. The van der Waals surface area contributed by atoms with Gasteiger partial charge in [0.05, 0.1) is 40.1 Å². The smallest absolute Gasteiger partial charge is 0.281 e. The van der Waals surface area contributed by atoms with Crippen LogP contribution in [0.1, 0.15) is 119 Å². The number of allylic oxidation sites excluding steroid dienone is 2. The Morgan fingerprint density at radius 1 is 0.982 bits per heavy atom. The van der Waals surface area contributed by atoms with E-state index >= 15 is 8.78 Å². The fourth-order valence-electron chi connectivity index (χ4n) is 10.3. The Morgan fingerprint density at radius 3 is 2.54 bits per heavy atom. The van der Waals surface area contributed by atoms with E-state index < -0.39 is 29.4 Å². The lowest BCUT2D eigenvalue weighted by molar-refractivity contribution is -0.134. The van der Waals surface area contributed by atoms with Crippen molar-refractivity contribution in [3.05, 3.63) is 109 Å². The summed E-state index contributed by atoms with van der Waals surface area (Å²) in [5, 5.41) is 2.81. The molecule has 11 heteroatoms. The molecule has 2 amide bonds. The molecule has 1 aromatic heterocycles. The number of anilines is 1. The number of nitrogens with zero attached hydrogens (tertiary/aromatic N) is 3. The van der Waals surface area contributed by atoms with Crippen molar-refractivity contribution in [1.29, 1.82) is 0 Å². The summed E-state index contributed by atoms with van der Waals surface area (Å²) >= 11 is 3.59. The van der Waals surface area contributed by atoms with Crippen molar-refractivity contribution in [3.8, 4) is 5.69 Å². The first-order chi connectivity index (χ1) is 26.9. The second-order valence-electron chi connectivity index (χ2n) is 17.2. The zero-order valence-corrected chi connectivity index (χ0v) is 33.5. The molecule has 3 saturated heterocycles. The SMILES string of the molecule is CC1(C)c2ccc(C3CCC=C(CCC4COC5(CCN(c6cc(F)c(C7CCC(=O)NC7=O)c(F)c6)CC5)C4)CC3)cc2-n2c1nc(=O)c1c(Br)cccc12. The lowest BCUT2D eigenvalue weighted by Gasteiger charge is -2.40. The largest absolute Gasteiger partial charge is 0.375 e. The predicted molar refractivity (Wildman–Crippen MR) is 215 cm³/mol. The summed E-state index contributed by atoms with van der Waals surface area (Å²) in [6.45, 7) is 6.34. The highest BCUT2D eigenvalue weighted by molar-refractivity contribution is 9.10. The Morgan fingerprint density at radius 2 is 1.77 bits per heavy atom. The van der Waals surface area contributed by atoms with Crippen LogP contribution in [0.25, 0.3) is 16.6 Å². The molecule has 4 aliphatic heterocycles. The van der Waals surface area contributed by atoms with Crippen LogP contribution >= 0.6 is 15.9 Å². The van der Waals surface area contributed by atoms with Gasteiger partial charge in [-0.3, -0.25) is 24.3 Å². The molecule has 3 aromatic carbocycles. The molecule has 0 saturated carbocycles. The summed E-state index contributed by atoms with van der Waals surface area (Å²) in [5.74, 6) is -1.82. The highest BCUT2D eigenvalue weighted by atomic mass is 79.9. The molecule has 3 unspecified atom stereocenters. The van der Waals surface area contributed by atoms with E-state index in [1.165, 1.54) is 28.8 Å². The normalized spacial score (nSPS) is 24.2. The zero-order chi connectivity index (χ0) is 38.9. The van der Waals surface area contributed by atoms with Crippen molar-refractivity contribution >= 4 is 44.3 Å². The molecule has 3 fully saturated rings. The van der Waals surface area contributed by atoms with Crippen LogP contribution in [0, 0.1) is 17.6 Å². The van der Waals surface area contributed by atoms with Crippen LogP contribution < -0.4 is 15.8 Å². The second-order valence-corrected chi connectivity index (χ2v) is 18.1. The minimum Gasteiger partial charge on any atom is -0.375 e. The maximum Gasteiger partial charge on any atom is 0.281 e. The highest BCUT2D eigenvalue weighted by Gasteiger charge is 2.43. The van der Waals surface area contributed by atoms with Gasteiger partial charge in [0, 0.05) is 35.2 Å². The molecule has 8 nitrogen and oxygen atoms in total. The number of amides is 2. The molecule has 1 N–H and O–H groups in total. The standard InChI is InChI=1S/C45H47BrF2N4O4/c1-44(2)32-15-13-29(21-37(32)52-36-8-4-7-33(46)40(36)42(55)50-43(44)52)28-6-3-5-26(11-12-28)9-10-27-24-45(56-25-27)17-19-51(20-18-45)30-22-34(47)39(35(48)23-30)31-14-16-38(53)49-41(31)54/h4-5,7-8,13,15,21-23,27-28,31H,3,6,9-12,14,16-20,24-25H2,1-2H3,(H,49,53,54). The summed E-state index contributed by atoms with van der Waals surface area (Å²) in [6, 6.07) is 15.5. The van der Waals surface area contributed by atoms with E-state index in [2.05, 4.69) is 68.9 Å². The Balaban J connectivity index is 0.803. The van der Waals surface area contributed by atoms with Gasteiger partial charge in [-0.25, -0.2) is 8.78 Å². The lowest BCUT2D eigenvalue weighted by Crippen LogP contribution is -2.44. The van der Waals surface area contributed by atoms with Crippen molar-refractivity contribution in [1.82, 2.24) is 14.9 Å². The number of fused-ring (bicyclic) bond motifs is 5. The van der Waals surface area contributed by atoms with E-state index in [9.17, 15) is 14.4 Å². The average molecular weight is 826 g/mol. The number of hydrogen-bond donors (Lipinski definition) is 1. The van der Waals surface area contributed by atoms with Gasteiger partial charge in [-0.2, -0.15) is 4.98 Å². The number of benzene rings is 3. The average Bonchev–Trinajstić information content (AvgIpc) is 3.53. The van der Waals surface area contributed by atoms with E-state index in [0.29, 0.717) is 36.0 Å². The van der Waals surface area contributed by atoms with Gasteiger partial charge in [0.15, 0.2) is 0 Å². The summed E-state index contributed by atoms with van der Waals surface area (Å²) in [6.07, 6.45) is 11.8. The van der Waals surface area contributed by atoms with Gasteiger partial charge in [0.2, 0.25) is 11.8 Å². The van der Waals surface area contributed by atoms with Crippen molar-refractivity contribution in [2.24, 2.45) is 5.92 Å². The number of nitrogens with one attached hydrogen (secondary N) is 1. The van der Waals surface area contributed by atoms with E-state index in [1.807, 2.05) is 23.1 Å². The Kier molecular flexibility index (Phi) is 9.55. The number of hydrogen-bond acceptors (Lipinski definition) is 6. The Labute approximate surface area is 333 Å². The number of carbonyl (C=O) groups is 2. The molecule has 9 rings (SSSR count). The minimum atomic E-state index is -1.00. The van der Waals surface area contributed by atoms with Gasteiger partial charge in [-0.1, -0.05) is 29.8 Å². The third-order valence-electron chi connectivity index (χ3n) is 13.4. The fourth-order valence-corrected chi connectivity index (χ4v) is 10.8. The number of halogens is 3. The quantitative estimate of drug-likeness (QED) is 0.154. The molecule has 1 spiro atoms. The molecule has 0 bridgehead atoms. The number of piperidine rings is 2. The van der Waals surface area contributed by atoms with E-state index in [0.717, 1.165) is 85.9 Å². The lowest BCUT2D eigenvalue weighted by atomic mass is 9.82. The van der Waals surface area contributed by atoms with Crippen LogP contribution in [-0.4, -0.2) is 46.7 Å². The molecule has 5 aliphatic rings. The predicted octanol–water partition coefficient (Wildman–Crippen LogP) is 9.03. The minimum absolute atomic E-state index is 0.0659. The van der Waals surface area contributed by atoms with Crippen LogP contribution in [0.2, 0.25) is 0 Å². The van der Waals surface area contributed by atoms with Crippen LogP contribution in [0.15, 0.2) is 69.4 Å². The fraction of sp³-hybridized carbons (Fsp3) is 0.467. The molecule has 292 valence electrons. The van der Waals surface area contributed by atoms with Gasteiger partial charge >= 0.3 is 0 Å². The molecule has 1 aliphatic carbocycles. The first-order valence-corrected chi connectivity index (χ1v) is 21.0. The van der Waals surface area contributed by atoms with Gasteiger partial charge < -0.3 is 9.64 Å². The van der Waals surface area contributed by atoms with Crippen LogP contribution in [0.5, 0.6) is 0 Å². The van der Waals surface area contributed by atoms with Gasteiger partial charge in [-0.15, -0.1) is 0 Å². The van der Waals surface area contributed by atoms with Crippen molar-refractivity contribution < 1.29 is 23.1 Å². The monoisotopic (exact) mass is 824 g/mol. The molecule has 0 radical (unpaired) electrons. The molecular weight excluding hydrogens is 778 g/mol. The van der Waals surface area contributed by atoms with E-state index in [-0.39, 0.29) is 35.0 Å². The third kappa shape index (κ3) is 6.52. The Bertz CT molecular complexity index is 2340. The third-order valence-corrected chi connectivity index (χ3v) is 14.1. The van der Waals surface area contributed by atoms with Crippen LogP contribution in [0.4, 0.5) is 14.5 Å². The Hall–Kier alpha value is -4.22. The topological polar surface area (TPSA) is 93.5 Å². The van der Waals surface area contributed by atoms with Crippen molar-refractivity contribution in [3.63, 3.8) is 0 Å². The summed E-state index contributed by atoms with van der Waals surface area (Å²) in [5.41, 5.74) is 5.53. The summed E-state index contributed by atoms with van der Waals surface area (Å²) in [7, 11) is 0. The molecular formula is C45H47BrF2N4O4.